The van der Waals surface area contributed by atoms with Crippen LogP contribution in [-0.2, 0) is 14.4 Å². The number of rotatable bonds is 3. The van der Waals surface area contributed by atoms with E-state index in [1.165, 1.54) is 24.3 Å². The van der Waals surface area contributed by atoms with Gasteiger partial charge in [0.2, 0.25) is 11.8 Å². The molecule has 2 saturated heterocycles. The lowest BCUT2D eigenvalue weighted by Crippen LogP contribution is -2.48. The van der Waals surface area contributed by atoms with Crippen LogP contribution in [0.3, 0.4) is 0 Å². The van der Waals surface area contributed by atoms with E-state index in [0.717, 1.165) is 16.0 Å². The first-order valence-corrected chi connectivity index (χ1v) is 10.7. The maximum absolute atomic E-state index is 13.7. The SMILES string of the molecule is CC(C)(C)C(=O)[C@@H]1[C@@H]2C(=O)N(c3ccc([N+](=O)[O-])cc3)C(=O)[C@H]2[C@H]2c3ccccc3C=NN12. The van der Waals surface area contributed by atoms with Gasteiger partial charge in [-0.05, 0) is 23.3 Å². The molecule has 0 aliphatic carbocycles. The van der Waals surface area contributed by atoms with Gasteiger partial charge in [0, 0.05) is 17.5 Å². The van der Waals surface area contributed by atoms with Crippen molar-refractivity contribution in [2.75, 3.05) is 4.90 Å². The Morgan fingerprint density at radius 3 is 2.27 bits per heavy atom. The molecule has 0 N–H and O–H groups in total. The smallest absolute Gasteiger partial charge is 0.269 e. The molecule has 2 aromatic rings. The third-order valence-electron chi connectivity index (χ3n) is 6.62. The minimum Gasteiger partial charge on any atom is -0.297 e. The first kappa shape index (κ1) is 21.0. The Kier molecular flexibility index (Phi) is 4.49. The molecule has 0 unspecified atom stereocenters. The molecule has 0 aromatic heterocycles. The monoisotopic (exact) mass is 446 g/mol. The van der Waals surface area contributed by atoms with Crippen LogP contribution in [0.4, 0.5) is 11.4 Å². The zero-order chi connectivity index (χ0) is 23.7. The molecule has 3 aliphatic rings. The molecule has 2 fully saturated rings. The summed E-state index contributed by atoms with van der Waals surface area (Å²) in [6.07, 6.45) is 1.67. The van der Waals surface area contributed by atoms with E-state index in [1.54, 1.807) is 32.0 Å². The van der Waals surface area contributed by atoms with Crippen molar-refractivity contribution in [1.29, 1.82) is 0 Å². The molecule has 5 rings (SSSR count). The predicted molar refractivity (Wildman–Crippen MR) is 119 cm³/mol. The highest BCUT2D eigenvalue weighted by molar-refractivity contribution is 6.24. The molecule has 2 amide bonds. The van der Waals surface area contributed by atoms with E-state index in [2.05, 4.69) is 5.10 Å². The van der Waals surface area contributed by atoms with Crippen LogP contribution in [0.5, 0.6) is 0 Å². The third kappa shape index (κ3) is 2.99. The maximum atomic E-state index is 13.7. The van der Waals surface area contributed by atoms with E-state index in [0.29, 0.717) is 0 Å². The molecule has 168 valence electrons. The molecule has 2 aromatic carbocycles. The van der Waals surface area contributed by atoms with Gasteiger partial charge in [-0.15, -0.1) is 0 Å². The normalized spacial score (nSPS) is 25.7. The molecule has 33 heavy (non-hydrogen) atoms. The van der Waals surface area contributed by atoms with Crippen LogP contribution >= 0.6 is 0 Å². The van der Waals surface area contributed by atoms with Crippen LogP contribution in [-0.4, -0.2) is 39.8 Å². The van der Waals surface area contributed by atoms with Gasteiger partial charge in [0.05, 0.1) is 34.7 Å². The summed E-state index contributed by atoms with van der Waals surface area (Å²) < 4.78 is 0. The van der Waals surface area contributed by atoms with Crippen LogP contribution < -0.4 is 4.90 Å². The number of carbonyl (C=O) groups excluding carboxylic acids is 3. The average Bonchev–Trinajstić information content (AvgIpc) is 3.25. The highest BCUT2D eigenvalue weighted by Crippen LogP contribution is 2.53. The van der Waals surface area contributed by atoms with Crippen molar-refractivity contribution in [2.45, 2.75) is 32.9 Å². The predicted octanol–water partition coefficient (Wildman–Crippen LogP) is 3.09. The Morgan fingerprint density at radius 1 is 1.00 bits per heavy atom. The molecule has 9 nitrogen and oxygen atoms in total. The van der Waals surface area contributed by atoms with Gasteiger partial charge in [-0.2, -0.15) is 5.10 Å². The zero-order valence-corrected chi connectivity index (χ0v) is 18.3. The summed E-state index contributed by atoms with van der Waals surface area (Å²) in [4.78, 5) is 52.4. The van der Waals surface area contributed by atoms with Gasteiger partial charge in [-0.3, -0.25) is 29.5 Å². The number of hydrogen-bond acceptors (Lipinski definition) is 7. The highest BCUT2D eigenvalue weighted by Gasteiger charge is 2.66. The van der Waals surface area contributed by atoms with Crippen molar-refractivity contribution in [1.82, 2.24) is 5.01 Å². The van der Waals surface area contributed by atoms with Crippen molar-refractivity contribution in [3.63, 3.8) is 0 Å². The van der Waals surface area contributed by atoms with E-state index >= 15 is 0 Å². The second-order valence-corrected chi connectivity index (χ2v) is 9.59. The van der Waals surface area contributed by atoms with Gasteiger partial charge in [-0.1, -0.05) is 45.0 Å². The van der Waals surface area contributed by atoms with Gasteiger partial charge >= 0.3 is 0 Å². The van der Waals surface area contributed by atoms with Crippen molar-refractivity contribution >= 4 is 35.2 Å². The van der Waals surface area contributed by atoms with Crippen LogP contribution in [0.15, 0.2) is 53.6 Å². The fraction of sp³-hybridized carbons (Fsp3) is 0.333. The number of amides is 2. The largest absolute Gasteiger partial charge is 0.297 e. The van der Waals surface area contributed by atoms with Gasteiger partial charge in [-0.25, -0.2) is 4.90 Å². The summed E-state index contributed by atoms with van der Waals surface area (Å²) in [6.45, 7) is 5.36. The number of nitro groups is 1. The fourth-order valence-corrected chi connectivity index (χ4v) is 5.09. The summed E-state index contributed by atoms with van der Waals surface area (Å²) in [7, 11) is 0. The van der Waals surface area contributed by atoms with Gasteiger partial charge in [0.15, 0.2) is 5.78 Å². The number of anilines is 1. The number of benzene rings is 2. The van der Waals surface area contributed by atoms with Crippen molar-refractivity contribution in [3.8, 4) is 0 Å². The quantitative estimate of drug-likeness (QED) is 0.407. The van der Waals surface area contributed by atoms with Crippen molar-refractivity contribution in [2.24, 2.45) is 22.4 Å². The van der Waals surface area contributed by atoms with Crippen LogP contribution in [0.1, 0.15) is 37.9 Å². The summed E-state index contributed by atoms with van der Waals surface area (Å²) in [5.74, 6) is -2.76. The second kappa shape index (κ2) is 7.06. The minimum absolute atomic E-state index is 0.138. The first-order valence-electron chi connectivity index (χ1n) is 10.7. The number of non-ortho nitro benzene ring substituents is 1. The molecule has 0 saturated carbocycles. The fourth-order valence-electron chi connectivity index (χ4n) is 5.09. The molecule has 0 bridgehead atoms. The number of nitrogens with zero attached hydrogens (tertiary/aromatic N) is 4. The zero-order valence-electron chi connectivity index (χ0n) is 18.3. The number of fused-ring (bicyclic) bond motifs is 5. The molecule has 4 atom stereocenters. The minimum atomic E-state index is -0.896. The molecule has 3 aliphatic heterocycles. The standard InChI is InChI=1S/C24H22N4O5/c1-24(2,3)21(29)20-18-17(19-16-7-5-4-6-13(16)12-25-27(19)20)22(30)26(23(18)31)14-8-10-15(11-9-14)28(32)33/h4-12,17-20H,1-3H3/t17-,18-,19-,20+/m1/s1. The lowest BCUT2D eigenvalue weighted by Gasteiger charge is -2.35. The van der Waals surface area contributed by atoms with Gasteiger partial charge in [0.1, 0.15) is 6.04 Å². The number of ketones is 1. The molecule has 3 heterocycles. The highest BCUT2D eigenvalue weighted by atomic mass is 16.6. The Balaban J connectivity index is 1.63. The van der Waals surface area contributed by atoms with Gasteiger partial charge in [0.25, 0.3) is 5.69 Å². The topological polar surface area (TPSA) is 113 Å². The average molecular weight is 446 g/mol. The summed E-state index contributed by atoms with van der Waals surface area (Å²) >= 11 is 0. The van der Waals surface area contributed by atoms with E-state index in [4.69, 9.17) is 0 Å². The van der Waals surface area contributed by atoms with E-state index in [9.17, 15) is 24.5 Å². The molecular weight excluding hydrogens is 424 g/mol. The van der Waals surface area contributed by atoms with E-state index in [1.807, 2.05) is 24.3 Å². The van der Waals surface area contributed by atoms with Crippen molar-refractivity contribution in [3.05, 3.63) is 69.8 Å². The van der Waals surface area contributed by atoms with E-state index < -0.39 is 46.1 Å². The number of imide groups is 1. The third-order valence-corrected chi connectivity index (χ3v) is 6.62. The molecule has 0 radical (unpaired) electrons. The number of Topliss-reactive ketones (excluding diaryl/α,β-unsaturated/α-hetero) is 1. The summed E-state index contributed by atoms with van der Waals surface area (Å²) in [5, 5.41) is 17.2. The van der Waals surface area contributed by atoms with E-state index in [-0.39, 0.29) is 17.2 Å². The summed E-state index contributed by atoms with van der Waals surface area (Å²) in [6, 6.07) is 11.4. The first-order chi connectivity index (χ1) is 15.6. The van der Waals surface area contributed by atoms with Crippen LogP contribution in [0, 0.1) is 27.4 Å². The maximum Gasteiger partial charge on any atom is 0.269 e. The summed E-state index contributed by atoms with van der Waals surface area (Å²) in [5.41, 5.74) is 1.06. The number of hydrazone groups is 1. The Morgan fingerprint density at radius 2 is 1.64 bits per heavy atom. The lowest BCUT2D eigenvalue weighted by molar-refractivity contribution is -0.384. The van der Waals surface area contributed by atoms with Crippen LogP contribution in [0.2, 0.25) is 0 Å². The number of hydrogen-bond donors (Lipinski definition) is 0. The second-order valence-electron chi connectivity index (χ2n) is 9.59. The molecule has 0 spiro atoms. The Hall–Kier alpha value is -3.88. The van der Waals surface area contributed by atoms with Crippen molar-refractivity contribution < 1.29 is 19.3 Å². The Labute approximate surface area is 189 Å². The molecular formula is C24H22N4O5. The lowest BCUT2D eigenvalue weighted by atomic mass is 9.79. The molecule has 9 heteroatoms. The Bertz CT molecular complexity index is 1230. The number of nitro benzene ring substituents is 1. The number of carbonyl (C=O) groups is 3. The van der Waals surface area contributed by atoms with Crippen LogP contribution in [0.25, 0.3) is 0 Å². The van der Waals surface area contributed by atoms with Gasteiger partial charge < -0.3 is 0 Å².